The van der Waals surface area contributed by atoms with Crippen molar-refractivity contribution in [3.05, 3.63) is 58.3 Å². The van der Waals surface area contributed by atoms with Crippen LogP contribution in [-0.2, 0) is 0 Å². The average molecular weight is 267 g/mol. The van der Waals surface area contributed by atoms with E-state index in [0.717, 1.165) is 11.3 Å². The summed E-state index contributed by atoms with van der Waals surface area (Å²) in [5, 5.41) is 4.64. The van der Waals surface area contributed by atoms with Crippen molar-refractivity contribution in [1.82, 2.24) is 4.98 Å². The van der Waals surface area contributed by atoms with E-state index in [1.807, 2.05) is 31.2 Å². The SMILES string of the molecule is CC(Nc1cccnc1)c1ccc(Cl)cc1Cl. The maximum absolute atomic E-state index is 6.15. The Labute approximate surface area is 111 Å². The van der Waals surface area contributed by atoms with E-state index < -0.39 is 0 Å². The maximum atomic E-state index is 6.15. The lowest BCUT2D eigenvalue weighted by atomic mass is 10.1. The number of halogens is 2. The Morgan fingerprint density at radius 1 is 1.24 bits per heavy atom. The Bertz CT molecular complexity index is 500. The van der Waals surface area contributed by atoms with Crippen molar-refractivity contribution in [1.29, 1.82) is 0 Å². The number of nitrogens with one attached hydrogen (secondary N) is 1. The number of hydrogen-bond donors (Lipinski definition) is 1. The third-order valence-corrected chi connectivity index (χ3v) is 3.04. The van der Waals surface area contributed by atoms with Gasteiger partial charge in [-0.3, -0.25) is 4.98 Å². The normalized spacial score (nSPS) is 12.2. The van der Waals surface area contributed by atoms with Crippen molar-refractivity contribution in [3.8, 4) is 0 Å². The van der Waals surface area contributed by atoms with Crippen LogP contribution < -0.4 is 5.32 Å². The lowest BCUT2D eigenvalue weighted by Crippen LogP contribution is -2.07. The summed E-state index contributed by atoms with van der Waals surface area (Å²) in [5.41, 5.74) is 1.98. The summed E-state index contributed by atoms with van der Waals surface area (Å²) >= 11 is 12.0. The number of rotatable bonds is 3. The van der Waals surface area contributed by atoms with E-state index in [1.165, 1.54) is 0 Å². The standard InChI is InChI=1S/C13H12Cl2N2/c1-9(17-11-3-2-6-16-8-11)12-5-4-10(14)7-13(12)15/h2-9,17H,1H3. The van der Waals surface area contributed by atoms with Gasteiger partial charge < -0.3 is 5.32 Å². The summed E-state index contributed by atoms with van der Waals surface area (Å²) in [6.45, 7) is 2.04. The van der Waals surface area contributed by atoms with Gasteiger partial charge in [0.2, 0.25) is 0 Å². The molecular formula is C13H12Cl2N2. The fourth-order valence-electron chi connectivity index (χ4n) is 1.63. The molecule has 2 nitrogen and oxygen atoms in total. The molecule has 17 heavy (non-hydrogen) atoms. The topological polar surface area (TPSA) is 24.9 Å². The second-order valence-corrected chi connectivity index (χ2v) is 4.62. The molecule has 1 unspecified atom stereocenters. The minimum absolute atomic E-state index is 0.101. The number of pyridine rings is 1. The van der Waals surface area contributed by atoms with Gasteiger partial charge in [-0.15, -0.1) is 0 Å². The average Bonchev–Trinajstić information content (AvgIpc) is 2.30. The summed E-state index contributed by atoms with van der Waals surface area (Å²) in [6.07, 6.45) is 3.52. The van der Waals surface area contributed by atoms with E-state index in [9.17, 15) is 0 Å². The largest absolute Gasteiger partial charge is 0.377 e. The van der Waals surface area contributed by atoms with Crippen LogP contribution in [0.1, 0.15) is 18.5 Å². The van der Waals surface area contributed by atoms with Gasteiger partial charge in [-0.1, -0.05) is 29.3 Å². The van der Waals surface area contributed by atoms with Crippen LogP contribution >= 0.6 is 23.2 Å². The first-order chi connectivity index (χ1) is 8.16. The Morgan fingerprint density at radius 2 is 2.06 bits per heavy atom. The summed E-state index contributed by atoms with van der Waals surface area (Å²) in [5.74, 6) is 0. The summed E-state index contributed by atoms with van der Waals surface area (Å²) < 4.78 is 0. The van der Waals surface area contributed by atoms with E-state index in [4.69, 9.17) is 23.2 Å². The van der Waals surface area contributed by atoms with Gasteiger partial charge in [-0.05, 0) is 36.8 Å². The molecule has 0 saturated carbocycles. The molecule has 4 heteroatoms. The fraction of sp³-hybridized carbons (Fsp3) is 0.154. The zero-order valence-electron chi connectivity index (χ0n) is 9.32. The summed E-state index contributed by atoms with van der Waals surface area (Å²) in [6, 6.07) is 9.47. The quantitative estimate of drug-likeness (QED) is 0.881. The van der Waals surface area contributed by atoms with Gasteiger partial charge in [0, 0.05) is 22.4 Å². The number of aromatic nitrogens is 1. The van der Waals surface area contributed by atoms with Crippen LogP contribution in [0.5, 0.6) is 0 Å². The Hall–Kier alpha value is -1.25. The number of nitrogens with zero attached hydrogens (tertiary/aromatic N) is 1. The van der Waals surface area contributed by atoms with E-state index in [-0.39, 0.29) is 6.04 Å². The van der Waals surface area contributed by atoms with Crippen molar-refractivity contribution in [3.63, 3.8) is 0 Å². The van der Waals surface area contributed by atoms with Crippen molar-refractivity contribution in [2.24, 2.45) is 0 Å². The molecule has 2 rings (SSSR count). The van der Waals surface area contributed by atoms with E-state index in [0.29, 0.717) is 10.0 Å². The first kappa shape index (κ1) is 12.2. The van der Waals surface area contributed by atoms with Gasteiger partial charge in [0.15, 0.2) is 0 Å². The molecule has 0 aliphatic rings. The number of benzene rings is 1. The minimum atomic E-state index is 0.101. The summed E-state index contributed by atoms with van der Waals surface area (Å²) in [7, 11) is 0. The van der Waals surface area contributed by atoms with Gasteiger partial charge in [-0.25, -0.2) is 0 Å². The highest BCUT2D eigenvalue weighted by Crippen LogP contribution is 2.28. The Kier molecular flexibility index (Phi) is 3.87. The molecule has 0 aliphatic heterocycles. The molecule has 88 valence electrons. The monoisotopic (exact) mass is 266 g/mol. The smallest absolute Gasteiger partial charge is 0.0531 e. The molecule has 0 aliphatic carbocycles. The lowest BCUT2D eigenvalue weighted by molar-refractivity contribution is 0.883. The van der Waals surface area contributed by atoms with Crippen molar-refractivity contribution >= 4 is 28.9 Å². The molecule has 0 saturated heterocycles. The molecule has 1 aromatic heterocycles. The summed E-state index contributed by atoms with van der Waals surface area (Å²) in [4.78, 5) is 4.05. The van der Waals surface area contributed by atoms with Gasteiger partial charge in [0.1, 0.15) is 0 Å². The fourth-order valence-corrected chi connectivity index (χ4v) is 2.20. The third-order valence-electron chi connectivity index (χ3n) is 2.47. The molecule has 1 aromatic carbocycles. The van der Waals surface area contributed by atoms with Crippen LogP contribution in [0.2, 0.25) is 10.0 Å². The molecule has 0 fully saturated rings. The third kappa shape index (κ3) is 3.11. The molecule has 1 atom stereocenters. The van der Waals surface area contributed by atoms with Crippen LogP contribution in [0.15, 0.2) is 42.7 Å². The van der Waals surface area contributed by atoms with Gasteiger partial charge in [0.05, 0.1) is 11.7 Å². The van der Waals surface area contributed by atoms with Gasteiger partial charge in [-0.2, -0.15) is 0 Å². The van der Waals surface area contributed by atoms with Gasteiger partial charge >= 0.3 is 0 Å². The van der Waals surface area contributed by atoms with Crippen LogP contribution in [0, 0.1) is 0 Å². The van der Waals surface area contributed by atoms with Crippen LogP contribution in [0.4, 0.5) is 5.69 Å². The van der Waals surface area contributed by atoms with Crippen molar-refractivity contribution < 1.29 is 0 Å². The Balaban J connectivity index is 2.17. The predicted octanol–water partition coefficient (Wildman–Crippen LogP) is 4.56. The zero-order chi connectivity index (χ0) is 12.3. The minimum Gasteiger partial charge on any atom is -0.377 e. The lowest BCUT2D eigenvalue weighted by Gasteiger charge is -2.16. The highest BCUT2D eigenvalue weighted by Gasteiger charge is 2.09. The molecule has 1 heterocycles. The second-order valence-electron chi connectivity index (χ2n) is 3.77. The predicted molar refractivity (Wildman–Crippen MR) is 72.7 cm³/mol. The first-order valence-electron chi connectivity index (χ1n) is 5.28. The number of hydrogen-bond acceptors (Lipinski definition) is 2. The van der Waals surface area contributed by atoms with E-state index in [2.05, 4.69) is 10.3 Å². The molecule has 1 N–H and O–H groups in total. The molecule has 0 radical (unpaired) electrons. The maximum Gasteiger partial charge on any atom is 0.0531 e. The van der Waals surface area contributed by atoms with Crippen molar-refractivity contribution in [2.75, 3.05) is 5.32 Å². The molecule has 0 bridgehead atoms. The second kappa shape index (κ2) is 5.39. The molecular weight excluding hydrogens is 255 g/mol. The van der Waals surface area contributed by atoms with Crippen LogP contribution in [-0.4, -0.2) is 4.98 Å². The van der Waals surface area contributed by atoms with E-state index in [1.54, 1.807) is 18.5 Å². The van der Waals surface area contributed by atoms with Crippen molar-refractivity contribution in [2.45, 2.75) is 13.0 Å². The first-order valence-corrected chi connectivity index (χ1v) is 6.04. The Morgan fingerprint density at radius 3 is 2.71 bits per heavy atom. The van der Waals surface area contributed by atoms with E-state index >= 15 is 0 Å². The molecule has 2 aromatic rings. The zero-order valence-corrected chi connectivity index (χ0v) is 10.8. The van der Waals surface area contributed by atoms with Gasteiger partial charge in [0.25, 0.3) is 0 Å². The highest BCUT2D eigenvalue weighted by atomic mass is 35.5. The molecule has 0 amide bonds. The van der Waals surface area contributed by atoms with Crippen LogP contribution in [0.3, 0.4) is 0 Å². The number of anilines is 1. The highest BCUT2D eigenvalue weighted by molar-refractivity contribution is 6.35. The van der Waals surface area contributed by atoms with Crippen LogP contribution in [0.25, 0.3) is 0 Å². The molecule has 0 spiro atoms.